The third kappa shape index (κ3) is 5.17. The molecule has 0 heterocycles. The maximum atomic E-state index is 11.9. The Morgan fingerprint density at radius 2 is 1.78 bits per heavy atom. The van der Waals surface area contributed by atoms with E-state index in [4.69, 9.17) is 0 Å². The van der Waals surface area contributed by atoms with Crippen LogP contribution in [0.15, 0.2) is 0 Å². The molecule has 0 fully saturated rings. The van der Waals surface area contributed by atoms with Crippen LogP contribution in [0.4, 0.5) is 0 Å². The highest BCUT2D eigenvalue weighted by atomic mass is 16.2. The van der Waals surface area contributed by atoms with Gasteiger partial charge in [-0.15, -0.1) is 0 Å². The van der Waals surface area contributed by atoms with Gasteiger partial charge in [-0.25, -0.2) is 0 Å². The third-order valence-corrected chi connectivity index (χ3v) is 3.70. The normalized spacial score (nSPS) is 13.8. The number of amides is 1. The van der Waals surface area contributed by atoms with Gasteiger partial charge in [0.15, 0.2) is 5.78 Å². The van der Waals surface area contributed by atoms with Crippen LogP contribution in [0, 0.1) is 5.92 Å². The number of nitrogens with one attached hydrogen (secondary N) is 1. The maximum Gasteiger partial charge on any atom is 0.234 e. The molecule has 106 valence electrons. The summed E-state index contributed by atoms with van der Waals surface area (Å²) in [5, 5.41) is 2.81. The van der Waals surface area contributed by atoms with Crippen LogP contribution in [0.2, 0.25) is 0 Å². The molecule has 0 aliphatic heterocycles. The van der Waals surface area contributed by atoms with Crippen molar-refractivity contribution in [2.24, 2.45) is 5.92 Å². The van der Waals surface area contributed by atoms with E-state index in [9.17, 15) is 9.59 Å². The standard InChI is InChI=1S/C14H28N2O2/c1-8-14(5,6)16(7)9-12(18)15-13(10(2)3)11(4)17/h10,13H,8-9H2,1-7H3,(H,15,18). The summed E-state index contributed by atoms with van der Waals surface area (Å²) in [6, 6.07) is -0.379. The van der Waals surface area contributed by atoms with Crippen LogP contribution >= 0.6 is 0 Å². The zero-order chi connectivity index (χ0) is 14.5. The fraction of sp³-hybridized carbons (Fsp3) is 0.857. The molecule has 0 aliphatic rings. The van der Waals surface area contributed by atoms with Gasteiger partial charge in [0.25, 0.3) is 0 Å². The molecule has 4 heteroatoms. The van der Waals surface area contributed by atoms with Gasteiger partial charge in [0.1, 0.15) is 0 Å². The number of carbonyl (C=O) groups excluding carboxylic acids is 2. The van der Waals surface area contributed by atoms with Crippen LogP contribution in [-0.4, -0.2) is 41.8 Å². The molecule has 4 nitrogen and oxygen atoms in total. The first-order valence-electron chi connectivity index (χ1n) is 6.62. The molecule has 0 aliphatic carbocycles. The molecular formula is C14H28N2O2. The Labute approximate surface area is 111 Å². The van der Waals surface area contributed by atoms with E-state index in [2.05, 4.69) is 26.1 Å². The topological polar surface area (TPSA) is 49.4 Å². The lowest BCUT2D eigenvalue weighted by molar-refractivity contribution is -0.129. The summed E-state index contributed by atoms with van der Waals surface area (Å²) in [7, 11) is 1.93. The monoisotopic (exact) mass is 256 g/mol. The summed E-state index contributed by atoms with van der Waals surface area (Å²) in [5.74, 6) is 0.0413. The van der Waals surface area contributed by atoms with Gasteiger partial charge in [-0.3, -0.25) is 14.5 Å². The quantitative estimate of drug-likeness (QED) is 0.756. The fourth-order valence-electron chi connectivity index (χ4n) is 1.66. The molecular weight excluding hydrogens is 228 g/mol. The minimum absolute atomic E-state index is 0.00996. The van der Waals surface area contributed by atoms with Crippen molar-refractivity contribution in [3.8, 4) is 0 Å². The van der Waals surface area contributed by atoms with Gasteiger partial charge in [-0.2, -0.15) is 0 Å². The lowest BCUT2D eigenvalue weighted by atomic mass is 9.99. The summed E-state index contributed by atoms with van der Waals surface area (Å²) in [6.07, 6.45) is 0.969. The van der Waals surface area contributed by atoms with E-state index >= 15 is 0 Å². The van der Waals surface area contributed by atoms with E-state index in [0.717, 1.165) is 6.42 Å². The van der Waals surface area contributed by atoms with Crippen LogP contribution in [0.1, 0.15) is 48.0 Å². The highest BCUT2D eigenvalue weighted by Crippen LogP contribution is 2.15. The Hall–Kier alpha value is -0.900. The average Bonchev–Trinajstić information content (AvgIpc) is 2.24. The average molecular weight is 256 g/mol. The molecule has 1 N–H and O–H groups in total. The van der Waals surface area contributed by atoms with E-state index < -0.39 is 0 Å². The van der Waals surface area contributed by atoms with Crippen LogP contribution in [0.5, 0.6) is 0 Å². The van der Waals surface area contributed by atoms with Crippen molar-refractivity contribution in [3.63, 3.8) is 0 Å². The van der Waals surface area contributed by atoms with Crippen molar-refractivity contribution in [2.75, 3.05) is 13.6 Å². The van der Waals surface area contributed by atoms with E-state index in [0.29, 0.717) is 6.54 Å². The molecule has 0 aromatic heterocycles. The van der Waals surface area contributed by atoms with Gasteiger partial charge < -0.3 is 5.32 Å². The molecule has 0 bridgehead atoms. The van der Waals surface area contributed by atoms with Gasteiger partial charge >= 0.3 is 0 Å². The smallest absolute Gasteiger partial charge is 0.234 e. The lowest BCUT2D eigenvalue weighted by Crippen LogP contribution is -2.50. The second-order valence-electron chi connectivity index (χ2n) is 5.92. The second-order valence-corrected chi connectivity index (χ2v) is 5.92. The van der Waals surface area contributed by atoms with Crippen molar-refractivity contribution < 1.29 is 9.59 Å². The zero-order valence-electron chi connectivity index (χ0n) is 12.8. The number of rotatable bonds is 7. The summed E-state index contributed by atoms with van der Waals surface area (Å²) < 4.78 is 0. The first-order valence-corrected chi connectivity index (χ1v) is 6.62. The van der Waals surface area contributed by atoms with E-state index in [1.54, 1.807) is 0 Å². The zero-order valence-corrected chi connectivity index (χ0v) is 12.8. The number of nitrogens with zero attached hydrogens (tertiary/aromatic N) is 1. The van der Waals surface area contributed by atoms with Crippen LogP contribution in [-0.2, 0) is 9.59 Å². The summed E-state index contributed by atoms with van der Waals surface area (Å²) in [4.78, 5) is 25.4. The number of likely N-dealkylation sites (N-methyl/N-ethyl adjacent to an activating group) is 1. The Kier molecular flexibility index (Phi) is 6.54. The molecule has 0 radical (unpaired) electrons. The third-order valence-electron chi connectivity index (χ3n) is 3.70. The molecule has 0 saturated carbocycles. The van der Waals surface area contributed by atoms with Gasteiger partial charge in [-0.1, -0.05) is 20.8 Å². The SMILES string of the molecule is CCC(C)(C)N(C)CC(=O)NC(C(C)=O)C(C)C. The van der Waals surface area contributed by atoms with Gasteiger partial charge in [0, 0.05) is 5.54 Å². The van der Waals surface area contributed by atoms with E-state index in [-0.39, 0.29) is 29.2 Å². The molecule has 1 amide bonds. The Morgan fingerprint density at radius 3 is 2.11 bits per heavy atom. The number of hydrogen-bond donors (Lipinski definition) is 1. The molecule has 0 rings (SSSR count). The molecule has 1 atom stereocenters. The minimum Gasteiger partial charge on any atom is -0.345 e. The van der Waals surface area contributed by atoms with Gasteiger partial charge in [-0.05, 0) is 40.2 Å². The predicted molar refractivity (Wildman–Crippen MR) is 74.4 cm³/mol. The number of ketones is 1. The highest BCUT2D eigenvalue weighted by molar-refractivity contribution is 5.88. The Balaban J connectivity index is 4.47. The van der Waals surface area contributed by atoms with E-state index in [1.807, 2.05) is 25.8 Å². The largest absolute Gasteiger partial charge is 0.345 e. The van der Waals surface area contributed by atoms with Crippen molar-refractivity contribution >= 4 is 11.7 Å². The first-order chi connectivity index (χ1) is 8.11. The number of hydrogen-bond acceptors (Lipinski definition) is 3. The summed E-state index contributed by atoms with van der Waals surface area (Å²) >= 11 is 0. The van der Waals surface area contributed by atoms with Crippen molar-refractivity contribution in [1.82, 2.24) is 10.2 Å². The Bertz CT molecular complexity index is 298. The number of carbonyl (C=O) groups is 2. The lowest BCUT2D eigenvalue weighted by Gasteiger charge is -2.34. The molecule has 1 unspecified atom stereocenters. The van der Waals surface area contributed by atoms with Crippen LogP contribution < -0.4 is 5.32 Å². The summed E-state index contributed by atoms with van der Waals surface area (Å²) in [6.45, 7) is 12.0. The molecule has 0 aromatic carbocycles. The van der Waals surface area contributed by atoms with Crippen LogP contribution in [0.3, 0.4) is 0 Å². The first kappa shape index (κ1) is 17.1. The predicted octanol–water partition coefficient (Wildman–Crippen LogP) is 1.84. The molecule has 0 saturated heterocycles. The van der Waals surface area contributed by atoms with Crippen LogP contribution in [0.25, 0.3) is 0 Å². The fourth-order valence-corrected chi connectivity index (χ4v) is 1.66. The Morgan fingerprint density at radius 1 is 1.28 bits per heavy atom. The molecule has 18 heavy (non-hydrogen) atoms. The minimum atomic E-state index is -0.379. The van der Waals surface area contributed by atoms with Crippen molar-refractivity contribution in [2.45, 2.75) is 59.5 Å². The second kappa shape index (κ2) is 6.88. The van der Waals surface area contributed by atoms with Gasteiger partial charge in [0.2, 0.25) is 5.91 Å². The van der Waals surface area contributed by atoms with E-state index in [1.165, 1.54) is 6.92 Å². The van der Waals surface area contributed by atoms with Crippen molar-refractivity contribution in [1.29, 1.82) is 0 Å². The highest BCUT2D eigenvalue weighted by Gasteiger charge is 2.25. The number of Topliss-reactive ketones (excluding diaryl/α,β-unsaturated/α-hetero) is 1. The van der Waals surface area contributed by atoms with Gasteiger partial charge in [0.05, 0.1) is 12.6 Å². The molecule has 0 aromatic rings. The summed E-state index contributed by atoms with van der Waals surface area (Å²) in [5.41, 5.74) is -0.0130. The maximum absolute atomic E-state index is 11.9. The van der Waals surface area contributed by atoms with Crippen molar-refractivity contribution in [3.05, 3.63) is 0 Å². The molecule has 0 spiro atoms.